The minimum Gasteiger partial charge on any atom is -0.456 e. The van der Waals surface area contributed by atoms with E-state index in [0.717, 1.165) is 51.7 Å². The lowest BCUT2D eigenvalue weighted by atomic mass is 9.92. The monoisotopic (exact) mass is 691 g/mol. The van der Waals surface area contributed by atoms with Crippen LogP contribution in [0.3, 0.4) is 0 Å². The van der Waals surface area contributed by atoms with Crippen molar-refractivity contribution in [1.82, 2.24) is 0 Å². The number of anilines is 2. The Kier molecular flexibility index (Phi) is 8.00. The van der Waals surface area contributed by atoms with Gasteiger partial charge in [-0.05, 0) is 93.4 Å². The number of hydrogen-bond acceptors (Lipinski definition) is 2. The van der Waals surface area contributed by atoms with E-state index in [4.69, 9.17) is 4.42 Å². The summed E-state index contributed by atoms with van der Waals surface area (Å²) in [6.07, 6.45) is 6.52. The third-order valence-corrected chi connectivity index (χ3v) is 10.8. The quantitative estimate of drug-likeness (QED) is 0.165. The molecule has 0 radical (unpaired) electrons. The Bertz CT molecular complexity index is 2870. The van der Waals surface area contributed by atoms with Gasteiger partial charge in [0.05, 0.1) is 5.69 Å². The van der Waals surface area contributed by atoms with Crippen LogP contribution in [0.5, 0.6) is 0 Å². The van der Waals surface area contributed by atoms with Gasteiger partial charge < -0.3 is 9.32 Å². The molecule has 1 heterocycles. The van der Waals surface area contributed by atoms with E-state index in [-0.39, 0.29) is 0 Å². The Labute approximate surface area is 315 Å². The molecule has 0 fully saturated rings. The zero-order valence-electron chi connectivity index (χ0n) is 29.8. The summed E-state index contributed by atoms with van der Waals surface area (Å²) < 4.78 is 6.26. The number of fused-ring (bicyclic) bond motifs is 4. The van der Waals surface area contributed by atoms with Crippen molar-refractivity contribution in [3.63, 3.8) is 0 Å². The number of benzene rings is 8. The molecule has 0 amide bonds. The van der Waals surface area contributed by atoms with Gasteiger partial charge in [-0.2, -0.15) is 0 Å². The second-order valence-corrected chi connectivity index (χ2v) is 14.0. The van der Waals surface area contributed by atoms with Gasteiger partial charge in [0.1, 0.15) is 11.2 Å². The molecule has 1 aromatic heterocycles. The number of para-hydroxylation sites is 2. The van der Waals surface area contributed by atoms with Crippen molar-refractivity contribution in [2.24, 2.45) is 0 Å². The van der Waals surface area contributed by atoms with E-state index in [1.165, 1.54) is 55.4 Å². The molecule has 10 rings (SSSR count). The van der Waals surface area contributed by atoms with E-state index in [2.05, 4.69) is 193 Å². The van der Waals surface area contributed by atoms with Crippen LogP contribution in [0.2, 0.25) is 0 Å². The summed E-state index contributed by atoms with van der Waals surface area (Å²) in [5.74, 6) is 0. The average molecular weight is 692 g/mol. The molecule has 2 heteroatoms. The maximum absolute atomic E-state index is 6.26. The molecule has 0 unspecified atom stereocenters. The topological polar surface area (TPSA) is 16.4 Å². The number of nitrogens with zero attached hydrogens (tertiary/aromatic N) is 1. The van der Waals surface area contributed by atoms with E-state index in [9.17, 15) is 0 Å². The molecule has 0 saturated heterocycles. The van der Waals surface area contributed by atoms with Crippen LogP contribution in [0.4, 0.5) is 11.4 Å². The van der Waals surface area contributed by atoms with Crippen LogP contribution in [0, 0.1) is 0 Å². The summed E-state index contributed by atoms with van der Waals surface area (Å²) >= 11 is 0. The van der Waals surface area contributed by atoms with Gasteiger partial charge in [-0.25, -0.2) is 0 Å². The van der Waals surface area contributed by atoms with Crippen molar-refractivity contribution in [1.29, 1.82) is 0 Å². The predicted molar refractivity (Wildman–Crippen MR) is 228 cm³/mol. The minimum absolute atomic E-state index is 0.908. The normalized spacial score (nSPS) is 12.9. The predicted octanol–water partition coefficient (Wildman–Crippen LogP) is 14.6. The molecule has 2 nitrogen and oxygen atoms in total. The van der Waals surface area contributed by atoms with E-state index >= 15 is 0 Å². The highest BCUT2D eigenvalue weighted by molar-refractivity contribution is 6.12. The molecule has 54 heavy (non-hydrogen) atoms. The highest BCUT2D eigenvalue weighted by atomic mass is 16.3. The van der Waals surface area contributed by atoms with Gasteiger partial charge in [-0.3, -0.25) is 0 Å². The molecular formula is C52H37NO. The average Bonchev–Trinajstić information content (AvgIpc) is 3.64. The summed E-state index contributed by atoms with van der Waals surface area (Å²) in [5.41, 5.74) is 15.0. The van der Waals surface area contributed by atoms with Crippen molar-refractivity contribution in [2.45, 2.75) is 12.8 Å². The summed E-state index contributed by atoms with van der Waals surface area (Å²) in [5, 5.41) is 4.80. The summed E-state index contributed by atoms with van der Waals surface area (Å²) in [6, 6.07) is 67.7. The zero-order chi connectivity index (χ0) is 35.8. The van der Waals surface area contributed by atoms with E-state index in [0.29, 0.717) is 0 Å². The summed E-state index contributed by atoms with van der Waals surface area (Å²) in [6.45, 7) is 0. The maximum Gasteiger partial charge on any atom is 0.136 e. The third kappa shape index (κ3) is 5.60. The Morgan fingerprint density at radius 3 is 1.96 bits per heavy atom. The number of rotatable bonds is 7. The lowest BCUT2D eigenvalue weighted by Crippen LogP contribution is -2.20. The van der Waals surface area contributed by atoms with E-state index in [1.807, 2.05) is 12.1 Å². The molecule has 0 aliphatic heterocycles. The molecule has 0 saturated carbocycles. The largest absolute Gasteiger partial charge is 0.456 e. The molecule has 1 aliphatic carbocycles. The van der Waals surface area contributed by atoms with Crippen molar-refractivity contribution >= 4 is 49.7 Å². The molecule has 0 bridgehead atoms. The van der Waals surface area contributed by atoms with Crippen LogP contribution in [0.1, 0.15) is 18.4 Å². The lowest BCUT2D eigenvalue weighted by Gasteiger charge is -2.33. The van der Waals surface area contributed by atoms with Crippen LogP contribution in [-0.4, -0.2) is 0 Å². The van der Waals surface area contributed by atoms with E-state index in [1.54, 1.807) is 0 Å². The fraction of sp³-hybridized carbons (Fsp3) is 0.0385. The number of hydrogen-bond donors (Lipinski definition) is 0. The van der Waals surface area contributed by atoms with Gasteiger partial charge in [-0.15, -0.1) is 0 Å². The molecule has 8 aromatic carbocycles. The molecular weight excluding hydrogens is 655 g/mol. The molecule has 0 N–H and O–H groups in total. The Balaban J connectivity index is 1.15. The Morgan fingerprint density at radius 1 is 0.444 bits per heavy atom. The standard InChI is InChI=1S/C52H37NO/c1-2-15-37(16-3-1)44-22-6-9-27-48(44)53(41-33-31-38(32-34-41)46-26-14-30-51-52(46)47-24-8-11-29-50(47)54-51)49-28-10-7-23-45(49)40-20-12-19-39(35-40)43-25-13-18-36-17-4-5-21-42(36)43/h1-8,10-26,28-35H,9,27H2. The van der Waals surface area contributed by atoms with Gasteiger partial charge >= 0.3 is 0 Å². The fourth-order valence-corrected chi connectivity index (χ4v) is 8.25. The van der Waals surface area contributed by atoms with Crippen LogP contribution in [0.15, 0.2) is 210 Å². The first-order valence-corrected chi connectivity index (χ1v) is 18.7. The van der Waals surface area contributed by atoms with Gasteiger partial charge in [-0.1, -0.05) is 164 Å². The number of allylic oxidation sites excluding steroid dienone is 4. The fourth-order valence-electron chi connectivity index (χ4n) is 8.25. The first-order valence-electron chi connectivity index (χ1n) is 18.7. The highest BCUT2D eigenvalue weighted by Gasteiger charge is 2.24. The van der Waals surface area contributed by atoms with Gasteiger partial charge in [0.2, 0.25) is 0 Å². The van der Waals surface area contributed by atoms with Crippen molar-refractivity contribution < 1.29 is 4.42 Å². The number of furan rings is 1. The van der Waals surface area contributed by atoms with Crippen LogP contribution < -0.4 is 4.90 Å². The molecule has 256 valence electrons. The lowest BCUT2D eigenvalue weighted by molar-refractivity contribution is 0.669. The van der Waals surface area contributed by atoms with Crippen molar-refractivity contribution in [3.05, 3.63) is 211 Å². The summed E-state index contributed by atoms with van der Waals surface area (Å²) in [4.78, 5) is 2.50. The van der Waals surface area contributed by atoms with Crippen LogP contribution in [0.25, 0.3) is 71.7 Å². The minimum atomic E-state index is 0.908. The highest BCUT2D eigenvalue weighted by Crippen LogP contribution is 2.44. The first kappa shape index (κ1) is 31.8. The van der Waals surface area contributed by atoms with Gasteiger partial charge in [0.25, 0.3) is 0 Å². The second kappa shape index (κ2) is 13.6. The third-order valence-electron chi connectivity index (χ3n) is 10.8. The van der Waals surface area contributed by atoms with Crippen LogP contribution in [-0.2, 0) is 0 Å². The molecule has 1 aliphatic rings. The molecule has 0 atom stereocenters. The summed E-state index contributed by atoms with van der Waals surface area (Å²) in [7, 11) is 0. The smallest absolute Gasteiger partial charge is 0.136 e. The molecule has 9 aromatic rings. The van der Waals surface area contributed by atoms with Gasteiger partial charge in [0, 0.05) is 33.3 Å². The van der Waals surface area contributed by atoms with Gasteiger partial charge in [0.15, 0.2) is 0 Å². The Morgan fingerprint density at radius 2 is 1.07 bits per heavy atom. The van der Waals surface area contributed by atoms with Crippen molar-refractivity contribution in [3.8, 4) is 33.4 Å². The maximum atomic E-state index is 6.26. The van der Waals surface area contributed by atoms with E-state index < -0.39 is 0 Å². The van der Waals surface area contributed by atoms with Crippen LogP contribution >= 0.6 is 0 Å². The molecule has 0 spiro atoms. The SMILES string of the molecule is C1=CC(c2ccccc2)=C(N(c2ccc(-c3cccc4oc5ccccc5c34)cc2)c2ccccc2-c2cccc(-c3cccc4ccccc34)c2)CC1. The second-order valence-electron chi connectivity index (χ2n) is 14.0. The zero-order valence-corrected chi connectivity index (χ0v) is 29.8. The van der Waals surface area contributed by atoms with Crippen molar-refractivity contribution in [2.75, 3.05) is 4.90 Å². The first-order chi connectivity index (χ1) is 26.8. The Hall–Kier alpha value is -6.90.